The zero-order valence-corrected chi connectivity index (χ0v) is 14.6. The van der Waals surface area contributed by atoms with E-state index in [-0.39, 0.29) is 6.54 Å². The maximum atomic E-state index is 10.4. The van der Waals surface area contributed by atoms with Crippen molar-refractivity contribution in [3.8, 4) is 0 Å². The van der Waals surface area contributed by atoms with Gasteiger partial charge in [0.05, 0.1) is 19.0 Å². The Kier molecular flexibility index (Phi) is 6.43. The van der Waals surface area contributed by atoms with Gasteiger partial charge in [0.15, 0.2) is 5.96 Å². The number of hydrogen-bond acceptors (Lipinski definition) is 4. The second-order valence-corrected chi connectivity index (χ2v) is 6.01. The lowest BCUT2D eigenvalue weighted by atomic mass is 10.0. The fourth-order valence-electron chi connectivity index (χ4n) is 2.27. The van der Waals surface area contributed by atoms with Crippen LogP contribution in [0.3, 0.4) is 0 Å². The Hall–Kier alpha value is -2.28. The largest absolute Gasteiger partial charge is 0.466 e. The first-order valence-corrected chi connectivity index (χ1v) is 8.29. The van der Waals surface area contributed by atoms with Crippen molar-refractivity contribution in [3.63, 3.8) is 0 Å². The van der Waals surface area contributed by atoms with Crippen molar-refractivity contribution in [1.29, 1.82) is 0 Å². The van der Waals surface area contributed by atoms with Gasteiger partial charge in [0, 0.05) is 25.8 Å². The first-order valence-electron chi connectivity index (χ1n) is 8.29. The predicted molar refractivity (Wildman–Crippen MR) is 93.8 cm³/mol. The molecular formula is C17H27N5O2. The molecule has 132 valence electrons. The Morgan fingerprint density at radius 2 is 2.29 bits per heavy atom. The Balaban J connectivity index is 1.82. The summed E-state index contributed by atoms with van der Waals surface area (Å²) in [6, 6.07) is 3.51. The number of furan rings is 1. The van der Waals surface area contributed by atoms with Gasteiger partial charge < -0.3 is 20.2 Å². The quantitative estimate of drug-likeness (QED) is 0.388. The molecule has 0 aromatic carbocycles. The van der Waals surface area contributed by atoms with Gasteiger partial charge in [-0.05, 0) is 44.9 Å². The Morgan fingerprint density at radius 1 is 1.46 bits per heavy atom. The van der Waals surface area contributed by atoms with Crippen LogP contribution in [0.4, 0.5) is 0 Å². The van der Waals surface area contributed by atoms with Gasteiger partial charge in [-0.25, -0.2) is 4.99 Å². The molecule has 1 atom stereocenters. The summed E-state index contributed by atoms with van der Waals surface area (Å²) >= 11 is 0. The Bertz CT molecular complexity index is 631. The molecule has 0 amide bonds. The van der Waals surface area contributed by atoms with E-state index in [1.54, 1.807) is 25.3 Å². The molecule has 24 heavy (non-hydrogen) atoms. The number of hydrogen-bond donors (Lipinski definition) is 3. The minimum Gasteiger partial charge on any atom is -0.466 e. The molecule has 7 heteroatoms. The summed E-state index contributed by atoms with van der Waals surface area (Å²) in [5, 5.41) is 21.2. The molecule has 0 aliphatic carbocycles. The topological polar surface area (TPSA) is 87.6 Å². The van der Waals surface area contributed by atoms with Crippen molar-refractivity contribution in [1.82, 2.24) is 20.4 Å². The number of aliphatic hydroxyl groups is 1. The molecule has 2 aromatic rings. The van der Waals surface area contributed by atoms with Crippen LogP contribution in [0.1, 0.15) is 31.6 Å². The lowest BCUT2D eigenvalue weighted by Gasteiger charge is -2.19. The number of aliphatic imine (C=N–C) groups is 1. The van der Waals surface area contributed by atoms with Crippen LogP contribution in [-0.4, -0.2) is 40.5 Å². The maximum absolute atomic E-state index is 10.4. The highest BCUT2D eigenvalue weighted by Gasteiger charge is 2.25. The van der Waals surface area contributed by atoms with Gasteiger partial charge in [-0.3, -0.25) is 4.68 Å². The molecule has 7 nitrogen and oxygen atoms in total. The molecule has 0 saturated carbocycles. The van der Waals surface area contributed by atoms with E-state index < -0.39 is 5.60 Å². The van der Waals surface area contributed by atoms with Gasteiger partial charge in [0.2, 0.25) is 0 Å². The fraction of sp³-hybridized carbons (Fsp3) is 0.529. The number of nitrogens with zero attached hydrogens (tertiary/aromatic N) is 3. The third-order valence-electron chi connectivity index (χ3n) is 3.56. The molecule has 2 aromatic heterocycles. The summed E-state index contributed by atoms with van der Waals surface area (Å²) in [6.07, 6.45) is 6.36. The van der Waals surface area contributed by atoms with E-state index in [0.29, 0.717) is 11.7 Å². The molecule has 0 radical (unpaired) electrons. The van der Waals surface area contributed by atoms with Gasteiger partial charge in [-0.15, -0.1) is 0 Å². The smallest absolute Gasteiger partial charge is 0.191 e. The molecule has 0 aliphatic rings. The maximum Gasteiger partial charge on any atom is 0.191 e. The van der Waals surface area contributed by atoms with Gasteiger partial charge in [0.25, 0.3) is 0 Å². The van der Waals surface area contributed by atoms with Crippen LogP contribution >= 0.6 is 0 Å². The van der Waals surface area contributed by atoms with E-state index >= 15 is 0 Å². The third kappa shape index (κ3) is 5.42. The Morgan fingerprint density at radius 3 is 2.92 bits per heavy atom. The van der Waals surface area contributed by atoms with Crippen molar-refractivity contribution in [2.45, 2.75) is 39.3 Å². The summed E-state index contributed by atoms with van der Waals surface area (Å²) in [7, 11) is 0. The van der Waals surface area contributed by atoms with Gasteiger partial charge >= 0.3 is 0 Å². The lowest BCUT2D eigenvalue weighted by Crippen LogP contribution is -2.39. The van der Waals surface area contributed by atoms with Gasteiger partial charge in [0.1, 0.15) is 11.4 Å². The van der Waals surface area contributed by atoms with E-state index in [9.17, 15) is 5.11 Å². The van der Waals surface area contributed by atoms with Crippen LogP contribution in [-0.2, 0) is 12.1 Å². The molecule has 0 aliphatic heterocycles. The van der Waals surface area contributed by atoms with E-state index in [4.69, 9.17) is 4.42 Å². The average Bonchev–Trinajstić information content (AvgIpc) is 3.21. The van der Waals surface area contributed by atoms with Gasteiger partial charge in [-0.2, -0.15) is 5.10 Å². The van der Waals surface area contributed by atoms with Crippen LogP contribution in [0.15, 0.2) is 40.2 Å². The molecule has 0 saturated heterocycles. The SMILES string of the molecule is CCNC(=NCC(C)(O)c1ccco1)NCCCn1cc(C)cn1. The number of rotatable bonds is 8. The molecule has 1 unspecified atom stereocenters. The molecule has 3 N–H and O–H groups in total. The van der Waals surface area contributed by atoms with E-state index in [0.717, 1.165) is 31.6 Å². The van der Waals surface area contributed by atoms with Crippen molar-refractivity contribution in [2.75, 3.05) is 19.6 Å². The molecular weight excluding hydrogens is 306 g/mol. The molecule has 0 fully saturated rings. The minimum atomic E-state index is -1.13. The zero-order valence-electron chi connectivity index (χ0n) is 14.6. The highest BCUT2D eigenvalue weighted by atomic mass is 16.4. The monoisotopic (exact) mass is 333 g/mol. The number of nitrogens with one attached hydrogen (secondary N) is 2. The van der Waals surface area contributed by atoms with E-state index in [1.807, 2.05) is 30.9 Å². The van der Waals surface area contributed by atoms with Crippen LogP contribution in [0.25, 0.3) is 0 Å². The fourth-order valence-corrected chi connectivity index (χ4v) is 2.27. The van der Waals surface area contributed by atoms with Gasteiger partial charge in [-0.1, -0.05) is 0 Å². The van der Waals surface area contributed by atoms with Crippen molar-refractivity contribution in [3.05, 3.63) is 42.1 Å². The summed E-state index contributed by atoms with van der Waals surface area (Å²) in [5.41, 5.74) is 0.0383. The molecule has 2 heterocycles. The lowest BCUT2D eigenvalue weighted by molar-refractivity contribution is 0.0437. The highest BCUT2D eigenvalue weighted by Crippen LogP contribution is 2.20. The highest BCUT2D eigenvalue weighted by molar-refractivity contribution is 5.79. The standard InChI is InChI=1S/C17H27N5O2/c1-4-18-16(19-8-6-9-22-12-14(2)11-21-22)20-13-17(3,23)15-7-5-10-24-15/h5,7,10-12,23H,4,6,8-9,13H2,1-3H3,(H2,18,19,20). The van der Waals surface area contributed by atoms with Crippen LogP contribution < -0.4 is 10.6 Å². The predicted octanol–water partition coefficient (Wildman–Crippen LogP) is 1.64. The first kappa shape index (κ1) is 18.1. The molecule has 2 rings (SSSR count). The third-order valence-corrected chi connectivity index (χ3v) is 3.56. The van der Waals surface area contributed by atoms with Crippen LogP contribution in [0.5, 0.6) is 0 Å². The van der Waals surface area contributed by atoms with E-state index in [1.165, 1.54) is 0 Å². The van der Waals surface area contributed by atoms with Crippen molar-refractivity contribution < 1.29 is 9.52 Å². The normalized spacial score (nSPS) is 14.4. The second-order valence-electron chi connectivity index (χ2n) is 6.01. The minimum absolute atomic E-state index is 0.216. The first-order chi connectivity index (χ1) is 11.5. The van der Waals surface area contributed by atoms with Crippen molar-refractivity contribution >= 4 is 5.96 Å². The number of aromatic nitrogens is 2. The number of aryl methyl sites for hydroxylation is 2. The van der Waals surface area contributed by atoms with Crippen LogP contribution in [0, 0.1) is 6.92 Å². The number of guanidine groups is 1. The molecule has 0 bridgehead atoms. The van der Waals surface area contributed by atoms with E-state index in [2.05, 4.69) is 20.7 Å². The summed E-state index contributed by atoms with van der Waals surface area (Å²) in [5.74, 6) is 1.19. The molecule has 0 spiro atoms. The summed E-state index contributed by atoms with van der Waals surface area (Å²) in [4.78, 5) is 4.45. The second kappa shape index (κ2) is 8.54. The Labute approximate surface area is 142 Å². The van der Waals surface area contributed by atoms with Crippen molar-refractivity contribution in [2.24, 2.45) is 4.99 Å². The zero-order chi connectivity index (χ0) is 17.4. The summed E-state index contributed by atoms with van der Waals surface area (Å²) < 4.78 is 7.20. The average molecular weight is 333 g/mol. The summed E-state index contributed by atoms with van der Waals surface area (Å²) in [6.45, 7) is 8.33. The van der Waals surface area contributed by atoms with Crippen LogP contribution in [0.2, 0.25) is 0 Å².